The van der Waals surface area contributed by atoms with E-state index in [1.165, 1.54) is 12.8 Å². The Labute approximate surface area is 202 Å². The van der Waals surface area contributed by atoms with Crippen molar-refractivity contribution in [1.29, 1.82) is 0 Å². The van der Waals surface area contributed by atoms with Crippen LogP contribution in [0.25, 0.3) is 0 Å². The van der Waals surface area contributed by atoms with Crippen molar-refractivity contribution >= 4 is 24.2 Å². The Bertz CT molecular complexity index is 834. The van der Waals surface area contributed by atoms with Gasteiger partial charge in [0.05, 0.1) is 5.92 Å². The second-order valence-corrected chi connectivity index (χ2v) is 10.2. The van der Waals surface area contributed by atoms with E-state index in [2.05, 4.69) is 34.0 Å². The van der Waals surface area contributed by atoms with Gasteiger partial charge in [0.15, 0.2) is 0 Å². The summed E-state index contributed by atoms with van der Waals surface area (Å²) in [6, 6.07) is 1.36. The van der Waals surface area contributed by atoms with Gasteiger partial charge in [-0.15, -0.1) is 0 Å². The van der Waals surface area contributed by atoms with Crippen LogP contribution in [-0.4, -0.2) is 82.3 Å². The van der Waals surface area contributed by atoms with Crippen LogP contribution >= 0.6 is 0 Å². The lowest BCUT2D eigenvalue weighted by atomic mass is 9.91. The van der Waals surface area contributed by atoms with Gasteiger partial charge in [-0.25, -0.2) is 9.97 Å². The molecule has 1 saturated carbocycles. The van der Waals surface area contributed by atoms with Crippen LogP contribution in [-0.2, 0) is 14.4 Å². The number of carbonyl (C=O) groups excluding carboxylic acids is 3. The number of likely N-dealkylation sites (tertiary alicyclic amines) is 1. The summed E-state index contributed by atoms with van der Waals surface area (Å²) in [7, 11) is 0. The molecule has 3 fully saturated rings. The summed E-state index contributed by atoms with van der Waals surface area (Å²) < 4.78 is 0. The molecule has 1 aromatic heterocycles. The third-order valence-corrected chi connectivity index (χ3v) is 7.72. The lowest BCUT2D eigenvalue weighted by Crippen LogP contribution is -2.62. The first-order valence-corrected chi connectivity index (χ1v) is 12.8. The number of rotatable bonds is 8. The summed E-state index contributed by atoms with van der Waals surface area (Å²) in [6.45, 7) is 6.39. The molecule has 0 unspecified atom stereocenters. The van der Waals surface area contributed by atoms with E-state index in [0.29, 0.717) is 50.9 Å². The number of nitrogens with one attached hydrogen (secondary N) is 1. The summed E-state index contributed by atoms with van der Waals surface area (Å²) in [5, 5.41) is 2.73. The standard InChI is InChI=1S/C25H38N6O3/c1-18-15-29(25-27-10-6-11-28-25)16-19(2)31(18)24(34)22-9-5-12-30(22)23(33)21(14-26-17-32)13-20-7-3-4-8-20/h6,10-11,17-22H,3-5,7-9,12-16H2,1-2H3,(H,26,32)/t18-,19+,21-,22+/m1/s1. The fraction of sp³-hybridized carbons (Fsp3) is 0.720. The van der Waals surface area contributed by atoms with Crippen molar-refractivity contribution in [2.75, 3.05) is 31.1 Å². The molecule has 4 atom stereocenters. The summed E-state index contributed by atoms with van der Waals surface area (Å²) in [4.78, 5) is 53.0. The number of anilines is 1. The van der Waals surface area contributed by atoms with Gasteiger partial charge in [0.1, 0.15) is 6.04 Å². The highest BCUT2D eigenvalue weighted by molar-refractivity contribution is 5.90. The molecule has 3 heterocycles. The predicted octanol–water partition coefficient (Wildman–Crippen LogP) is 1.84. The zero-order chi connectivity index (χ0) is 24.1. The quantitative estimate of drug-likeness (QED) is 0.582. The average Bonchev–Trinajstić information content (AvgIpc) is 3.53. The number of piperazine rings is 1. The lowest BCUT2D eigenvalue weighted by molar-refractivity contribution is -0.149. The third-order valence-electron chi connectivity index (χ3n) is 7.72. The number of aromatic nitrogens is 2. The van der Waals surface area contributed by atoms with E-state index < -0.39 is 6.04 Å². The summed E-state index contributed by atoms with van der Waals surface area (Å²) in [6.07, 6.45) is 11.2. The van der Waals surface area contributed by atoms with E-state index in [0.717, 1.165) is 25.7 Å². The van der Waals surface area contributed by atoms with Gasteiger partial charge in [0, 0.05) is 50.7 Å². The van der Waals surface area contributed by atoms with Crippen LogP contribution in [0.3, 0.4) is 0 Å². The van der Waals surface area contributed by atoms with Crippen LogP contribution < -0.4 is 10.2 Å². The largest absolute Gasteiger partial charge is 0.358 e. The van der Waals surface area contributed by atoms with Gasteiger partial charge in [-0.2, -0.15) is 0 Å². The molecule has 0 radical (unpaired) electrons. The van der Waals surface area contributed by atoms with Gasteiger partial charge in [0.25, 0.3) is 0 Å². The average molecular weight is 471 g/mol. The molecule has 186 valence electrons. The monoisotopic (exact) mass is 470 g/mol. The Hall–Kier alpha value is -2.71. The molecular weight excluding hydrogens is 432 g/mol. The van der Waals surface area contributed by atoms with Crippen molar-refractivity contribution < 1.29 is 14.4 Å². The molecule has 0 spiro atoms. The predicted molar refractivity (Wildman–Crippen MR) is 129 cm³/mol. The van der Waals surface area contributed by atoms with Gasteiger partial charge in [-0.1, -0.05) is 25.7 Å². The maximum atomic E-state index is 13.8. The molecule has 9 heteroatoms. The Morgan fingerprint density at radius 2 is 1.76 bits per heavy atom. The van der Waals surface area contributed by atoms with Gasteiger partial charge in [-0.3, -0.25) is 14.4 Å². The Balaban J connectivity index is 1.44. The van der Waals surface area contributed by atoms with Crippen molar-refractivity contribution in [2.45, 2.75) is 76.9 Å². The van der Waals surface area contributed by atoms with Crippen molar-refractivity contribution in [2.24, 2.45) is 11.8 Å². The number of hydrogen-bond donors (Lipinski definition) is 1. The first-order chi connectivity index (χ1) is 16.5. The molecule has 3 amide bonds. The molecule has 0 aromatic carbocycles. The van der Waals surface area contributed by atoms with Crippen molar-refractivity contribution in [3.8, 4) is 0 Å². The van der Waals surface area contributed by atoms with E-state index in [-0.39, 0.29) is 29.8 Å². The Morgan fingerprint density at radius 3 is 2.41 bits per heavy atom. The van der Waals surface area contributed by atoms with Crippen LogP contribution in [0.4, 0.5) is 5.95 Å². The normalized spacial score (nSPS) is 26.5. The smallest absolute Gasteiger partial charge is 0.245 e. The molecule has 34 heavy (non-hydrogen) atoms. The zero-order valence-electron chi connectivity index (χ0n) is 20.4. The Morgan fingerprint density at radius 1 is 1.09 bits per heavy atom. The van der Waals surface area contributed by atoms with Crippen LogP contribution in [0.2, 0.25) is 0 Å². The second kappa shape index (κ2) is 11.1. The molecule has 1 N–H and O–H groups in total. The van der Waals surface area contributed by atoms with E-state index in [1.54, 1.807) is 23.4 Å². The van der Waals surface area contributed by atoms with E-state index in [1.807, 2.05) is 4.90 Å². The number of carbonyl (C=O) groups is 3. The number of hydrogen-bond acceptors (Lipinski definition) is 6. The molecule has 3 aliphatic rings. The third kappa shape index (κ3) is 5.33. The van der Waals surface area contributed by atoms with E-state index in [4.69, 9.17) is 0 Å². The summed E-state index contributed by atoms with van der Waals surface area (Å²) in [5.74, 6) is 1.02. The highest BCUT2D eigenvalue weighted by Gasteiger charge is 2.43. The first kappa shape index (κ1) is 24.4. The fourth-order valence-electron chi connectivity index (χ4n) is 6.18. The minimum atomic E-state index is -0.417. The number of amides is 3. The fourth-order valence-corrected chi connectivity index (χ4v) is 6.18. The van der Waals surface area contributed by atoms with E-state index in [9.17, 15) is 14.4 Å². The maximum absolute atomic E-state index is 13.8. The van der Waals surface area contributed by atoms with Crippen LogP contribution in [0.5, 0.6) is 0 Å². The zero-order valence-corrected chi connectivity index (χ0v) is 20.4. The molecule has 2 aliphatic heterocycles. The van der Waals surface area contributed by atoms with Crippen molar-refractivity contribution in [3.63, 3.8) is 0 Å². The van der Waals surface area contributed by atoms with Crippen molar-refractivity contribution in [1.82, 2.24) is 25.1 Å². The second-order valence-electron chi connectivity index (χ2n) is 10.2. The van der Waals surface area contributed by atoms with Crippen LogP contribution in [0.15, 0.2) is 18.5 Å². The highest BCUT2D eigenvalue weighted by atomic mass is 16.2. The maximum Gasteiger partial charge on any atom is 0.245 e. The van der Waals surface area contributed by atoms with E-state index >= 15 is 0 Å². The molecular formula is C25H38N6O3. The molecule has 9 nitrogen and oxygen atoms in total. The first-order valence-electron chi connectivity index (χ1n) is 12.8. The van der Waals surface area contributed by atoms with Gasteiger partial charge < -0.3 is 20.0 Å². The van der Waals surface area contributed by atoms with Crippen LogP contribution in [0.1, 0.15) is 58.8 Å². The molecule has 4 rings (SSSR count). The summed E-state index contributed by atoms with van der Waals surface area (Å²) in [5.41, 5.74) is 0. The number of nitrogens with zero attached hydrogens (tertiary/aromatic N) is 5. The lowest BCUT2D eigenvalue weighted by Gasteiger charge is -2.46. The van der Waals surface area contributed by atoms with Crippen LogP contribution in [0, 0.1) is 11.8 Å². The molecule has 0 bridgehead atoms. The molecule has 1 aromatic rings. The topological polar surface area (TPSA) is 98.7 Å². The van der Waals surface area contributed by atoms with Gasteiger partial charge >= 0.3 is 0 Å². The van der Waals surface area contributed by atoms with Crippen molar-refractivity contribution in [3.05, 3.63) is 18.5 Å². The molecule has 1 aliphatic carbocycles. The minimum Gasteiger partial charge on any atom is -0.358 e. The Kier molecular flexibility index (Phi) is 8.00. The van der Waals surface area contributed by atoms with Gasteiger partial charge in [0.2, 0.25) is 24.2 Å². The minimum absolute atomic E-state index is 0.0105. The van der Waals surface area contributed by atoms with Gasteiger partial charge in [-0.05, 0) is 45.1 Å². The highest BCUT2D eigenvalue weighted by Crippen LogP contribution is 2.32. The SMILES string of the molecule is C[C@@H]1CN(c2ncccn2)C[C@H](C)N1C(=O)[C@@H]1CCCN1C(=O)[C@@H](CNC=O)CC1CCCC1. The molecule has 2 saturated heterocycles. The summed E-state index contributed by atoms with van der Waals surface area (Å²) >= 11 is 0.